The molecule has 316 valence electrons. The Labute approximate surface area is 335 Å². The summed E-state index contributed by atoms with van der Waals surface area (Å²) >= 11 is 2.50. The van der Waals surface area contributed by atoms with Crippen LogP contribution in [0.5, 0.6) is 0 Å². The van der Waals surface area contributed by atoms with Gasteiger partial charge in [-0.3, -0.25) is 28.8 Å². The fourth-order valence-corrected chi connectivity index (χ4v) is 8.42. The molecule has 0 bridgehead atoms. The lowest BCUT2D eigenvalue weighted by Gasteiger charge is -2.39. The molecule has 2 rings (SSSR count). The molecule has 1 aromatic heterocycles. The van der Waals surface area contributed by atoms with E-state index in [-0.39, 0.29) is 31.4 Å². The number of nitrogens with one attached hydrogen (secondary N) is 3. The number of carbonyl (C=O) groups is 6. The first-order valence-electron chi connectivity index (χ1n) is 18.5. The number of Topliss-reactive ketones (excluding diaryl/α,β-unsaturated/α-hetero) is 1. The summed E-state index contributed by atoms with van der Waals surface area (Å²) in [5.74, 6) is -7.36. The van der Waals surface area contributed by atoms with E-state index in [0.717, 1.165) is 16.8 Å². The zero-order valence-corrected chi connectivity index (χ0v) is 34.6. The number of aliphatic hydroxyl groups excluding tert-OH is 4. The molecule has 11 N–H and O–H groups in total. The third kappa shape index (κ3) is 13.9. The first kappa shape index (κ1) is 48.7. The fraction of sp³-hybridized carbons (Fsp3) is 0.703. The molecule has 0 saturated carbocycles. The highest BCUT2D eigenvalue weighted by Crippen LogP contribution is 2.39. The number of carbonyl (C=O) groups excluding carboxylic acids is 4. The maximum Gasteiger partial charge on any atom is 0.322 e. The third-order valence-corrected chi connectivity index (χ3v) is 12.9. The van der Waals surface area contributed by atoms with Crippen molar-refractivity contribution in [1.29, 1.82) is 0 Å². The number of carboxylic acids is 2. The Morgan fingerprint density at radius 3 is 2.34 bits per heavy atom. The number of amides is 3. The van der Waals surface area contributed by atoms with Gasteiger partial charge in [-0.05, 0) is 64.0 Å². The molecule has 17 nitrogen and oxygen atoms in total. The SMILES string of the molecule is C/C(=C/c1csc(C)n1)C1CC(O)C(C)(SCC(NC(=O)CCC(N)C(=O)O)C(=O)NCC(=O)O)CCCC(C)C(O)C(C)C(=O)C(C)(C)C(O)C(O)C(=O)N1. The first-order chi connectivity index (χ1) is 25.9. The summed E-state index contributed by atoms with van der Waals surface area (Å²) in [5, 5.41) is 73.9. The van der Waals surface area contributed by atoms with Crippen LogP contribution in [-0.2, 0) is 28.8 Å². The molecule has 1 aliphatic heterocycles. The van der Waals surface area contributed by atoms with Crippen LogP contribution in [-0.4, -0.2) is 131 Å². The van der Waals surface area contributed by atoms with Crippen molar-refractivity contribution in [2.24, 2.45) is 23.0 Å². The number of hydrogen-bond donors (Lipinski definition) is 10. The van der Waals surface area contributed by atoms with Gasteiger partial charge in [0.2, 0.25) is 11.8 Å². The standard InChI is InChI=1S/C37H59N5O12S2/c1-18-9-8-12-37(7,56-17-25(33(51)39-15-28(45)46)41-27(44)11-10-23(38)35(53)54)26(43)14-24(19(2)13-22-16-55-21(4)40-22)42-34(52)30(48)32(50)36(5,6)31(49)20(3)29(18)47/h13,16,18,20,23-26,29-30,32,43,47-48,50H,8-12,14-15,17,38H2,1-7H3,(H,39,51)(H,41,44)(H,42,52)(H,45,46)(H,53,54)/b19-13-. The van der Waals surface area contributed by atoms with E-state index in [1.54, 1.807) is 32.2 Å². The average molecular weight is 830 g/mol. The highest BCUT2D eigenvalue weighted by Gasteiger charge is 2.46. The number of carboxylic acid groups (broad SMARTS) is 2. The van der Waals surface area contributed by atoms with Gasteiger partial charge in [0, 0.05) is 28.2 Å². The lowest BCUT2D eigenvalue weighted by atomic mass is 9.72. The summed E-state index contributed by atoms with van der Waals surface area (Å²) < 4.78 is -1.13. The van der Waals surface area contributed by atoms with E-state index in [1.165, 1.54) is 32.1 Å². The third-order valence-electron chi connectivity index (χ3n) is 10.5. The van der Waals surface area contributed by atoms with Crippen molar-refractivity contribution in [3.05, 3.63) is 21.7 Å². The van der Waals surface area contributed by atoms with Gasteiger partial charge in [-0.1, -0.05) is 34.1 Å². The van der Waals surface area contributed by atoms with E-state index in [4.69, 9.17) is 15.9 Å². The molecule has 56 heavy (non-hydrogen) atoms. The average Bonchev–Trinajstić information content (AvgIpc) is 3.55. The van der Waals surface area contributed by atoms with Crippen molar-refractivity contribution in [2.45, 2.75) is 134 Å². The fourth-order valence-electron chi connectivity index (χ4n) is 6.49. The quantitative estimate of drug-likeness (QED) is 0.130. The minimum absolute atomic E-state index is 0.143. The molecule has 0 aromatic carbocycles. The molecule has 0 aliphatic carbocycles. The van der Waals surface area contributed by atoms with Gasteiger partial charge in [-0.25, -0.2) is 4.98 Å². The number of aliphatic hydroxyl groups is 4. The molecular formula is C37H59N5O12S2. The Kier molecular flexibility index (Phi) is 18.6. The van der Waals surface area contributed by atoms with Crippen molar-refractivity contribution in [3.63, 3.8) is 0 Å². The molecule has 1 aliphatic rings. The van der Waals surface area contributed by atoms with Gasteiger partial charge in [0.05, 0.1) is 34.4 Å². The van der Waals surface area contributed by atoms with Gasteiger partial charge in [0.15, 0.2) is 6.10 Å². The largest absolute Gasteiger partial charge is 0.480 e. The predicted octanol–water partition coefficient (Wildman–Crippen LogP) is 0.594. The molecule has 1 aromatic rings. The monoisotopic (exact) mass is 829 g/mol. The zero-order chi connectivity index (χ0) is 42.7. The predicted molar refractivity (Wildman–Crippen MR) is 210 cm³/mol. The van der Waals surface area contributed by atoms with Crippen molar-refractivity contribution >= 4 is 64.6 Å². The first-order valence-corrected chi connectivity index (χ1v) is 20.4. The number of rotatable bonds is 13. The topological polar surface area (TPSA) is 299 Å². The number of nitrogens with zero attached hydrogens (tertiary/aromatic N) is 1. The smallest absolute Gasteiger partial charge is 0.322 e. The van der Waals surface area contributed by atoms with Crippen LogP contribution in [0.4, 0.5) is 0 Å². The Morgan fingerprint density at radius 1 is 1.12 bits per heavy atom. The molecule has 10 atom stereocenters. The lowest BCUT2D eigenvalue weighted by molar-refractivity contribution is -0.153. The van der Waals surface area contributed by atoms with Crippen LogP contribution >= 0.6 is 23.1 Å². The van der Waals surface area contributed by atoms with Crippen LogP contribution in [0.1, 0.15) is 90.8 Å². The molecule has 19 heteroatoms. The second kappa shape index (κ2) is 21.3. The van der Waals surface area contributed by atoms with Crippen LogP contribution in [0.2, 0.25) is 0 Å². The van der Waals surface area contributed by atoms with Crippen molar-refractivity contribution in [2.75, 3.05) is 12.3 Å². The van der Waals surface area contributed by atoms with Crippen molar-refractivity contribution in [1.82, 2.24) is 20.9 Å². The van der Waals surface area contributed by atoms with Crippen LogP contribution in [0, 0.1) is 24.2 Å². The molecule has 2 heterocycles. The highest BCUT2D eigenvalue weighted by atomic mass is 32.2. The van der Waals surface area contributed by atoms with E-state index in [2.05, 4.69) is 20.9 Å². The summed E-state index contributed by atoms with van der Waals surface area (Å²) in [5.41, 5.74) is 5.02. The molecular weight excluding hydrogens is 771 g/mol. The van der Waals surface area contributed by atoms with E-state index in [0.29, 0.717) is 24.1 Å². The van der Waals surface area contributed by atoms with Gasteiger partial charge >= 0.3 is 11.9 Å². The summed E-state index contributed by atoms with van der Waals surface area (Å²) in [6.07, 6.45) is -4.28. The van der Waals surface area contributed by atoms with Crippen LogP contribution in [0.15, 0.2) is 11.0 Å². The van der Waals surface area contributed by atoms with Crippen molar-refractivity contribution < 1.29 is 59.4 Å². The highest BCUT2D eigenvalue weighted by molar-refractivity contribution is 8.00. The van der Waals surface area contributed by atoms with E-state index >= 15 is 0 Å². The number of nitrogens with two attached hydrogens (primary N) is 1. The zero-order valence-electron chi connectivity index (χ0n) is 33.0. The number of hydrogen-bond acceptors (Lipinski definition) is 14. The van der Waals surface area contributed by atoms with Gasteiger partial charge in [-0.2, -0.15) is 11.8 Å². The number of thioether (sulfide) groups is 1. The summed E-state index contributed by atoms with van der Waals surface area (Å²) in [7, 11) is 0. The van der Waals surface area contributed by atoms with Crippen LogP contribution in [0.3, 0.4) is 0 Å². The number of aromatic nitrogens is 1. The maximum atomic E-state index is 13.6. The second-order valence-corrected chi connectivity index (χ2v) is 18.1. The number of aryl methyl sites for hydroxylation is 1. The molecule has 0 radical (unpaired) electrons. The van der Waals surface area contributed by atoms with E-state index in [9.17, 15) is 49.2 Å². The summed E-state index contributed by atoms with van der Waals surface area (Å²) in [6, 6.07) is -3.60. The van der Waals surface area contributed by atoms with Crippen LogP contribution < -0.4 is 21.7 Å². The molecule has 1 saturated heterocycles. The Bertz CT molecular complexity index is 1590. The molecule has 0 spiro atoms. The Hall–Kier alpha value is -3.46. The summed E-state index contributed by atoms with van der Waals surface area (Å²) in [6.45, 7) is 10.6. The minimum Gasteiger partial charge on any atom is -0.480 e. The van der Waals surface area contributed by atoms with E-state index in [1.807, 2.05) is 6.92 Å². The lowest BCUT2D eigenvalue weighted by Crippen LogP contribution is -2.55. The number of aliphatic carboxylic acids is 2. The van der Waals surface area contributed by atoms with Gasteiger partial charge in [0.1, 0.15) is 30.5 Å². The molecule has 10 unspecified atom stereocenters. The van der Waals surface area contributed by atoms with Crippen LogP contribution in [0.25, 0.3) is 6.08 Å². The number of thiazole rings is 1. The number of ketones is 1. The molecule has 1 fully saturated rings. The van der Waals surface area contributed by atoms with Crippen molar-refractivity contribution in [3.8, 4) is 0 Å². The second-order valence-electron chi connectivity index (χ2n) is 15.5. The van der Waals surface area contributed by atoms with Gasteiger partial charge in [-0.15, -0.1) is 11.3 Å². The normalized spacial score (nSPS) is 29.4. The Balaban J connectivity index is 2.58. The molecule has 3 amide bonds. The Morgan fingerprint density at radius 2 is 1.77 bits per heavy atom. The van der Waals surface area contributed by atoms with Gasteiger partial charge in [0.25, 0.3) is 5.91 Å². The van der Waals surface area contributed by atoms with Gasteiger partial charge < -0.3 is 52.3 Å². The van der Waals surface area contributed by atoms with E-state index < -0.39 is 107 Å². The maximum absolute atomic E-state index is 13.6. The minimum atomic E-state index is -2.07. The summed E-state index contributed by atoms with van der Waals surface area (Å²) in [4.78, 5) is 80.1.